The lowest BCUT2D eigenvalue weighted by atomic mass is 9.80. The molecule has 0 amide bonds. The summed E-state index contributed by atoms with van der Waals surface area (Å²) in [5, 5.41) is 3.76. The predicted octanol–water partition coefficient (Wildman–Crippen LogP) is 3.88. The summed E-state index contributed by atoms with van der Waals surface area (Å²) in [7, 11) is 4.39. The molecule has 1 N–H and O–H groups in total. The van der Waals surface area contributed by atoms with Gasteiger partial charge in [-0.15, -0.1) is 0 Å². The van der Waals surface area contributed by atoms with E-state index in [-0.39, 0.29) is 5.54 Å². The first-order chi connectivity index (χ1) is 10.00. The molecule has 0 bridgehead atoms. The van der Waals surface area contributed by atoms with E-state index in [1.165, 1.54) is 0 Å². The molecule has 3 nitrogen and oxygen atoms in total. The molecule has 0 fully saturated rings. The molecular formula is C17H30BrN3. The van der Waals surface area contributed by atoms with Gasteiger partial charge in [0.15, 0.2) is 0 Å². The summed E-state index contributed by atoms with van der Waals surface area (Å²) in [5.74, 6) is 0. The third-order valence-electron chi connectivity index (χ3n) is 4.61. The van der Waals surface area contributed by atoms with Crippen molar-refractivity contribution in [2.75, 3.05) is 20.6 Å². The van der Waals surface area contributed by atoms with E-state index in [0.29, 0.717) is 6.04 Å². The first kappa shape index (κ1) is 18.6. The lowest BCUT2D eigenvalue weighted by molar-refractivity contribution is 0.0877. The van der Waals surface area contributed by atoms with Gasteiger partial charge in [-0.2, -0.15) is 0 Å². The molecule has 1 aromatic heterocycles. The Morgan fingerprint density at radius 1 is 1.24 bits per heavy atom. The Morgan fingerprint density at radius 3 is 2.33 bits per heavy atom. The minimum Gasteiger partial charge on any atom is -0.312 e. The van der Waals surface area contributed by atoms with Crippen molar-refractivity contribution in [3.63, 3.8) is 0 Å². The standard InChI is InChI=1S/C17H30BrN3/c1-6-11-19-16(17(7-2,8-3)21(4)5)12-15-10-9-14(18)13-20-15/h9-10,13,16,19H,6-8,11-12H2,1-5H3. The topological polar surface area (TPSA) is 28.2 Å². The number of hydrogen-bond donors (Lipinski definition) is 1. The van der Waals surface area contributed by atoms with E-state index in [2.05, 4.69) is 78.1 Å². The summed E-state index contributed by atoms with van der Waals surface area (Å²) in [6.45, 7) is 7.85. The third kappa shape index (κ3) is 4.76. The zero-order valence-electron chi connectivity index (χ0n) is 14.1. The SMILES string of the molecule is CCCNC(Cc1ccc(Br)cn1)C(CC)(CC)N(C)C. The molecule has 1 atom stereocenters. The summed E-state index contributed by atoms with van der Waals surface area (Å²) in [6.07, 6.45) is 6.28. The van der Waals surface area contributed by atoms with E-state index in [4.69, 9.17) is 0 Å². The summed E-state index contributed by atoms with van der Waals surface area (Å²) >= 11 is 3.46. The fraction of sp³-hybridized carbons (Fsp3) is 0.706. The Labute approximate surface area is 138 Å². The van der Waals surface area contributed by atoms with Crippen molar-refractivity contribution in [1.29, 1.82) is 0 Å². The molecule has 0 saturated carbocycles. The fourth-order valence-electron chi connectivity index (χ4n) is 3.19. The fourth-order valence-corrected chi connectivity index (χ4v) is 3.43. The maximum absolute atomic E-state index is 4.56. The smallest absolute Gasteiger partial charge is 0.0420 e. The van der Waals surface area contributed by atoms with Gasteiger partial charge in [-0.1, -0.05) is 20.8 Å². The van der Waals surface area contributed by atoms with Crippen molar-refractivity contribution in [3.8, 4) is 0 Å². The Morgan fingerprint density at radius 2 is 1.90 bits per heavy atom. The van der Waals surface area contributed by atoms with Crippen LogP contribution in [0.4, 0.5) is 0 Å². The molecule has 0 saturated heterocycles. The highest BCUT2D eigenvalue weighted by Gasteiger charge is 2.37. The highest BCUT2D eigenvalue weighted by Crippen LogP contribution is 2.28. The summed E-state index contributed by atoms with van der Waals surface area (Å²) in [5.41, 5.74) is 1.32. The predicted molar refractivity (Wildman–Crippen MR) is 94.7 cm³/mol. The molecular weight excluding hydrogens is 326 g/mol. The Balaban J connectivity index is 2.99. The molecule has 120 valence electrons. The lowest BCUT2D eigenvalue weighted by Gasteiger charge is -2.45. The number of rotatable bonds is 9. The van der Waals surface area contributed by atoms with Gasteiger partial charge in [0.2, 0.25) is 0 Å². The zero-order chi connectivity index (χ0) is 15.9. The molecule has 0 aliphatic heterocycles. The number of pyridine rings is 1. The van der Waals surface area contributed by atoms with E-state index >= 15 is 0 Å². The van der Waals surface area contributed by atoms with Crippen LogP contribution < -0.4 is 5.32 Å². The average Bonchev–Trinajstić information content (AvgIpc) is 2.48. The molecule has 0 aromatic carbocycles. The van der Waals surface area contributed by atoms with Crippen LogP contribution in [0, 0.1) is 0 Å². The number of nitrogens with one attached hydrogen (secondary N) is 1. The van der Waals surface area contributed by atoms with Crippen LogP contribution in [0.3, 0.4) is 0 Å². The second-order valence-corrected chi connectivity index (χ2v) is 6.80. The average molecular weight is 356 g/mol. The molecule has 1 heterocycles. The monoisotopic (exact) mass is 355 g/mol. The first-order valence-corrected chi connectivity index (χ1v) is 8.80. The van der Waals surface area contributed by atoms with Crippen LogP contribution in [0.2, 0.25) is 0 Å². The summed E-state index contributed by atoms with van der Waals surface area (Å²) in [4.78, 5) is 6.95. The normalized spacial score (nSPS) is 13.7. The number of halogens is 1. The molecule has 1 rings (SSSR count). The first-order valence-electron chi connectivity index (χ1n) is 8.01. The molecule has 0 radical (unpaired) electrons. The van der Waals surface area contributed by atoms with Gasteiger partial charge in [0.1, 0.15) is 0 Å². The number of aromatic nitrogens is 1. The molecule has 0 aliphatic carbocycles. The Kier molecular flexibility index (Phi) is 7.85. The van der Waals surface area contributed by atoms with Crippen LogP contribution in [0.15, 0.2) is 22.8 Å². The molecule has 0 spiro atoms. The van der Waals surface area contributed by atoms with Crippen molar-refractivity contribution < 1.29 is 0 Å². The van der Waals surface area contributed by atoms with Crippen LogP contribution in [0.5, 0.6) is 0 Å². The van der Waals surface area contributed by atoms with Gasteiger partial charge >= 0.3 is 0 Å². The van der Waals surface area contributed by atoms with E-state index in [9.17, 15) is 0 Å². The Bertz CT molecular complexity index is 399. The van der Waals surface area contributed by atoms with Gasteiger partial charge < -0.3 is 10.2 Å². The van der Waals surface area contributed by atoms with Gasteiger partial charge in [-0.25, -0.2) is 0 Å². The van der Waals surface area contributed by atoms with Crippen molar-refractivity contribution in [1.82, 2.24) is 15.2 Å². The molecule has 4 heteroatoms. The van der Waals surface area contributed by atoms with E-state index in [0.717, 1.165) is 42.4 Å². The van der Waals surface area contributed by atoms with Crippen LogP contribution in [-0.4, -0.2) is 42.1 Å². The van der Waals surface area contributed by atoms with Crippen LogP contribution in [-0.2, 0) is 6.42 Å². The van der Waals surface area contributed by atoms with Crippen molar-refractivity contribution >= 4 is 15.9 Å². The third-order valence-corrected chi connectivity index (χ3v) is 5.08. The highest BCUT2D eigenvalue weighted by molar-refractivity contribution is 9.10. The molecule has 21 heavy (non-hydrogen) atoms. The van der Waals surface area contributed by atoms with E-state index < -0.39 is 0 Å². The second-order valence-electron chi connectivity index (χ2n) is 5.88. The summed E-state index contributed by atoms with van der Waals surface area (Å²) < 4.78 is 1.04. The van der Waals surface area contributed by atoms with Crippen LogP contribution in [0.25, 0.3) is 0 Å². The van der Waals surface area contributed by atoms with Gasteiger partial charge in [0, 0.05) is 34.4 Å². The van der Waals surface area contributed by atoms with Crippen molar-refractivity contribution in [2.45, 2.75) is 58.0 Å². The van der Waals surface area contributed by atoms with Gasteiger partial charge in [0.25, 0.3) is 0 Å². The molecule has 1 unspecified atom stereocenters. The second kappa shape index (κ2) is 8.86. The number of likely N-dealkylation sites (N-methyl/N-ethyl adjacent to an activating group) is 1. The quantitative estimate of drug-likeness (QED) is 0.728. The van der Waals surface area contributed by atoms with Gasteiger partial charge in [-0.3, -0.25) is 4.98 Å². The summed E-state index contributed by atoms with van der Waals surface area (Å²) in [6, 6.07) is 4.61. The maximum Gasteiger partial charge on any atom is 0.0420 e. The minimum atomic E-state index is 0.171. The number of nitrogens with zero attached hydrogens (tertiary/aromatic N) is 2. The zero-order valence-corrected chi connectivity index (χ0v) is 15.7. The Hall–Kier alpha value is -0.450. The van der Waals surface area contributed by atoms with Gasteiger partial charge in [-0.05, 0) is 68.0 Å². The van der Waals surface area contributed by atoms with Crippen LogP contribution in [0.1, 0.15) is 45.7 Å². The highest BCUT2D eigenvalue weighted by atomic mass is 79.9. The lowest BCUT2D eigenvalue weighted by Crippen LogP contribution is -2.59. The number of hydrogen-bond acceptors (Lipinski definition) is 3. The molecule has 0 aliphatic rings. The minimum absolute atomic E-state index is 0.171. The van der Waals surface area contributed by atoms with E-state index in [1.807, 2.05) is 6.20 Å². The van der Waals surface area contributed by atoms with E-state index in [1.54, 1.807) is 0 Å². The van der Waals surface area contributed by atoms with Gasteiger partial charge in [0.05, 0.1) is 0 Å². The maximum atomic E-state index is 4.56. The van der Waals surface area contributed by atoms with Crippen LogP contribution >= 0.6 is 15.9 Å². The van der Waals surface area contributed by atoms with Crippen molar-refractivity contribution in [3.05, 3.63) is 28.5 Å². The molecule has 1 aromatic rings. The largest absolute Gasteiger partial charge is 0.312 e. The van der Waals surface area contributed by atoms with Crippen molar-refractivity contribution in [2.24, 2.45) is 0 Å².